The molecule has 0 saturated carbocycles. The minimum Gasteiger partial charge on any atom is -0.488 e. The number of thiophene rings is 1. The maximum atomic E-state index is 6.24. The fourth-order valence-electron chi connectivity index (χ4n) is 4.24. The number of nitrogens with zero attached hydrogens (tertiary/aromatic N) is 2. The van der Waals surface area contributed by atoms with Gasteiger partial charge in [0.2, 0.25) is 0 Å². The molecular formula is C24H34N4O2S. The minimum absolute atomic E-state index is 0.144. The van der Waals surface area contributed by atoms with Gasteiger partial charge in [0.25, 0.3) is 0 Å². The Morgan fingerprint density at radius 3 is 2.87 bits per heavy atom. The van der Waals surface area contributed by atoms with Gasteiger partial charge in [0, 0.05) is 37.0 Å². The third kappa shape index (κ3) is 5.99. The van der Waals surface area contributed by atoms with Gasteiger partial charge >= 0.3 is 0 Å². The summed E-state index contributed by atoms with van der Waals surface area (Å²) in [6, 6.07) is 11.2. The van der Waals surface area contributed by atoms with Crippen LogP contribution in [0.4, 0.5) is 0 Å². The highest BCUT2D eigenvalue weighted by Crippen LogP contribution is 2.28. The average molecular weight is 443 g/mol. The van der Waals surface area contributed by atoms with Crippen LogP contribution >= 0.6 is 11.3 Å². The number of hydrogen-bond acceptors (Lipinski definition) is 5. The molecule has 2 aromatic rings. The summed E-state index contributed by atoms with van der Waals surface area (Å²) < 4.78 is 11.7. The molecule has 3 heterocycles. The highest BCUT2D eigenvalue weighted by Gasteiger charge is 2.24. The molecule has 0 spiro atoms. The maximum absolute atomic E-state index is 6.24. The van der Waals surface area contributed by atoms with Crippen LogP contribution in [-0.2, 0) is 11.3 Å². The lowest BCUT2D eigenvalue weighted by Gasteiger charge is -2.27. The molecule has 4 rings (SSSR count). The first-order valence-electron chi connectivity index (χ1n) is 11.3. The molecule has 2 aliphatic heterocycles. The fraction of sp³-hybridized carbons (Fsp3) is 0.542. The van der Waals surface area contributed by atoms with Gasteiger partial charge in [-0.25, -0.2) is 0 Å². The Morgan fingerprint density at radius 2 is 2.16 bits per heavy atom. The van der Waals surface area contributed by atoms with Crippen LogP contribution in [0, 0.1) is 6.92 Å². The van der Waals surface area contributed by atoms with Crippen molar-refractivity contribution in [3.63, 3.8) is 0 Å². The van der Waals surface area contributed by atoms with Gasteiger partial charge in [-0.3, -0.25) is 9.89 Å². The first-order chi connectivity index (χ1) is 15.2. The molecule has 2 aliphatic rings. The van der Waals surface area contributed by atoms with Crippen molar-refractivity contribution in [2.45, 2.75) is 44.9 Å². The summed E-state index contributed by atoms with van der Waals surface area (Å²) in [5.74, 6) is 1.75. The molecule has 2 atom stereocenters. The number of aliphatic imine (C=N–C) groups is 1. The Balaban J connectivity index is 1.36. The molecule has 7 heteroatoms. The van der Waals surface area contributed by atoms with E-state index in [-0.39, 0.29) is 6.10 Å². The summed E-state index contributed by atoms with van der Waals surface area (Å²) in [7, 11) is 1.83. The number of guanidine groups is 1. The van der Waals surface area contributed by atoms with Gasteiger partial charge in [-0.2, -0.15) is 0 Å². The molecule has 0 bridgehead atoms. The van der Waals surface area contributed by atoms with Crippen LogP contribution in [0.3, 0.4) is 0 Å². The molecule has 1 aromatic carbocycles. The van der Waals surface area contributed by atoms with E-state index in [1.807, 2.05) is 18.4 Å². The Labute approximate surface area is 189 Å². The highest BCUT2D eigenvalue weighted by molar-refractivity contribution is 7.10. The molecule has 2 saturated heterocycles. The third-order valence-electron chi connectivity index (χ3n) is 5.99. The third-order valence-corrected chi connectivity index (χ3v) is 6.96. The molecule has 31 heavy (non-hydrogen) atoms. The van der Waals surface area contributed by atoms with E-state index < -0.39 is 0 Å². The number of ether oxygens (including phenoxy) is 2. The molecule has 0 aliphatic carbocycles. The van der Waals surface area contributed by atoms with Crippen molar-refractivity contribution >= 4 is 17.3 Å². The molecule has 168 valence electrons. The first-order valence-corrected chi connectivity index (χ1v) is 12.2. The quantitative estimate of drug-likeness (QED) is 0.482. The Bertz CT molecular complexity index is 843. The number of likely N-dealkylation sites (tertiary alicyclic amines) is 1. The SMILES string of the molecule is CN=C(NCc1ccc(C)cc1OC1CCOC1)NCC(c1cccs1)N1CCCC1. The van der Waals surface area contributed by atoms with Crippen LogP contribution in [0.2, 0.25) is 0 Å². The molecule has 6 nitrogen and oxygen atoms in total. The summed E-state index contributed by atoms with van der Waals surface area (Å²) >= 11 is 1.84. The van der Waals surface area contributed by atoms with Crippen molar-refractivity contribution < 1.29 is 9.47 Å². The van der Waals surface area contributed by atoms with Crippen molar-refractivity contribution in [3.05, 3.63) is 51.7 Å². The van der Waals surface area contributed by atoms with Gasteiger partial charge in [-0.15, -0.1) is 11.3 Å². The molecule has 2 N–H and O–H groups in total. The molecule has 0 radical (unpaired) electrons. The van der Waals surface area contributed by atoms with E-state index >= 15 is 0 Å². The predicted molar refractivity (Wildman–Crippen MR) is 127 cm³/mol. The smallest absolute Gasteiger partial charge is 0.191 e. The lowest BCUT2D eigenvalue weighted by Crippen LogP contribution is -2.42. The summed E-state index contributed by atoms with van der Waals surface area (Å²) in [4.78, 5) is 8.45. The summed E-state index contributed by atoms with van der Waals surface area (Å²) in [5.41, 5.74) is 2.33. The van der Waals surface area contributed by atoms with E-state index in [9.17, 15) is 0 Å². The van der Waals surface area contributed by atoms with Crippen molar-refractivity contribution in [1.82, 2.24) is 15.5 Å². The van der Waals surface area contributed by atoms with E-state index in [1.165, 1.54) is 36.4 Å². The van der Waals surface area contributed by atoms with Gasteiger partial charge in [0.05, 0.1) is 19.3 Å². The van der Waals surface area contributed by atoms with Crippen LogP contribution in [0.25, 0.3) is 0 Å². The number of nitrogens with one attached hydrogen (secondary N) is 2. The summed E-state index contributed by atoms with van der Waals surface area (Å²) in [5, 5.41) is 9.19. The van der Waals surface area contributed by atoms with E-state index in [1.54, 1.807) is 0 Å². The second-order valence-electron chi connectivity index (χ2n) is 8.30. The average Bonchev–Trinajstić information content (AvgIpc) is 3.56. The zero-order valence-corrected chi connectivity index (χ0v) is 19.4. The second kappa shape index (κ2) is 11.0. The second-order valence-corrected chi connectivity index (χ2v) is 9.27. The number of rotatable bonds is 8. The van der Waals surface area contributed by atoms with E-state index in [2.05, 4.69) is 63.2 Å². The standard InChI is InChI=1S/C24H34N4O2S/c1-18-7-8-19(22(14-18)30-20-9-12-29-17-20)15-26-24(25-2)27-16-21(23-6-5-13-31-23)28-10-3-4-11-28/h5-8,13-14,20-21H,3-4,9-12,15-17H2,1-2H3,(H2,25,26,27). The molecular weight excluding hydrogens is 408 g/mol. The monoisotopic (exact) mass is 442 g/mol. The van der Waals surface area contributed by atoms with Gasteiger partial charge in [-0.05, 0) is 55.9 Å². The zero-order valence-electron chi connectivity index (χ0n) is 18.6. The lowest BCUT2D eigenvalue weighted by molar-refractivity contribution is 0.140. The summed E-state index contributed by atoms with van der Waals surface area (Å²) in [6.45, 7) is 7.40. The number of hydrogen-bond donors (Lipinski definition) is 2. The van der Waals surface area contributed by atoms with Crippen LogP contribution in [0.1, 0.15) is 41.3 Å². The topological polar surface area (TPSA) is 58.1 Å². The van der Waals surface area contributed by atoms with Crippen molar-refractivity contribution in [1.29, 1.82) is 0 Å². The molecule has 2 fully saturated rings. The Morgan fingerprint density at radius 1 is 1.29 bits per heavy atom. The minimum atomic E-state index is 0.144. The maximum Gasteiger partial charge on any atom is 0.191 e. The number of aryl methyl sites for hydroxylation is 1. The lowest BCUT2D eigenvalue weighted by atomic mass is 10.1. The van der Waals surface area contributed by atoms with Crippen LogP contribution in [0.5, 0.6) is 5.75 Å². The van der Waals surface area contributed by atoms with Gasteiger partial charge in [0.15, 0.2) is 5.96 Å². The first kappa shape index (κ1) is 22.1. The Kier molecular flexibility index (Phi) is 7.83. The number of benzene rings is 1. The molecule has 1 aromatic heterocycles. The van der Waals surface area contributed by atoms with Crippen molar-refractivity contribution in [2.24, 2.45) is 4.99 Å². The van der Waals surface area contributed by atoms with Gasteiger partial charge in [-0.1, -0.05) is 18.2 Å². The molecule has 0 amide bonds. The van der Waals surface area contributed by atoms with Crippen LogP contribution in [-0.4, -0.2) is 56.9 Å². The van der Waals surface area contributed by atoms with Crippen molar-refractivity contribution in [2.75, 3.05) is 39.9 Å². The van der Waals surface area contributed by atoms with E-state index in [0.717, 1.165) is 36.8 Å². The normalized spacial score (nSPS) is 20.7. The van der Waals surface area contributed by atoms with E-state index in [4.69, 9.17) is 9.47 Å². The summed E-state index contributed by atoms with van der Waals surface area (Å²) in [6.07, 6.45) is 3.67. The predicted octanol–water partition coefficient (Wildman–Crippen LogP) is 3.73. The van der Waals surface area contributed by atoms with Crippen molar-refractivity contribution in [3.8, 4) is 5.75 Å². The largest absolute Gasteiger partial charge is 0.488 e. The van der Waals surface area contributed by atoms with Crippen LogP contribution < -0.4 is 15.4 Å². The zero-order chi connectivity index (χ0) is 21.5. The van der Waals surface area contributed by atoms with Gasteiger partial charge < -0.3 is 20.1 Å². The van der Waals surface area contributed by atoms with E-state index in [0.29, 0.717) is 19.2 Å². The fourth-order valence-corrected chi connectivity index (χ4v) is 5.10. The van der Waals surface area contributed by atoms with Gasteiger partial charge in [0.1, 0.15) is 11.9 Å². The highest BCUT2D eigenvalue weighted by atomic mass is 32.1. The molecule has 2 unspecified atom stereocenters. The Hall–Kier alpha value is -2.09. The van der Waals surface area contributed by atoms with Crippen LogP contribution in [0.15, 0.2) is 40.7 Å².